The minimum absolute atomic E-state index is 0.725. The molecule has 144 valence electrons. The van der Waals surface area contributed by atoms with E-state index in [4.69, 9.17) is 0 Å². The van der Waals surface area contributed by atoms with Crippen molar-refractivity contribution in [1.82, 2.24) is 19.9 Å². The van der Waals surface area contributed by atoms with Crippen LogP contribution >= 0.6 is 0 Å². The minimum atomic E-state index is -2.06. The van der Waals surface area contributed by atoms with E-state index in [1.807, 2.05) is 0 Å². The van der Waals surface area contributed by atoms with Crippen LogP contribution < -0.4 is 19.9 Å². The molecule has 0 amide bonds. The summed E-state index contributed by atoms with van der Waals surface area (Å²) in [5.41, 5.74) is 0. The smallest absolute Gasteiger partial charge is 0.298 e. The van der Waals surface area contributed by atoms with Crippen LogP contribution in [0.2, 0.25) is 0 Å². The first-order chi connectivity index (χ1) is 12.3. The Morgan fingerprint density at radius 2 is 0.560 bits per heavy atom. The van der Waals surface area contributed by atoms with Crippen LogP contribution in [0, 0.1) is 0 Å². The summed E-state index contributed by atoms with van der Waals surface area (Å²) in [6, 6.07) is 2.90. The van der Waals surface area contributed by atoms with E-state index in [2.05, 4.69) is 19.9 Å². The standard InChI is InChI=1S/C20H40N4Si/c1-2-10-17(9-1)21-25(22-18-11-3-4-12-18,23-19-13-5-6-14-19)24-20-15-7-8-16-20/h17-24H,1-16H2. The molecule has 0 aromatic carbocycles. The molecule has 4 fully saturated rings. The predicted molar refractivity (Wildman–Crippen MR) is 107 cm³/mol. The van der Waals surface area contributed by atoms with Crippen molar-refractivity contribution in [3.8, 4) is 0 Å². The van der Waals surface area contributed by atoms with E-state index in [0.29, 0.717) is 0 Å². The van der Waals surface area contributed by atoms with Crippen LogP contribution in [0.25, 0.3) is 0 Å². The quantitative estimate of drug-likeness (QED) is 0.498. The average Bonchev–Trinajstić information content (AvgIpc) is 3.37. The van der Waals surface area contributed by atoms with Crippen LogP contribution in [0.3, 0.4) is 0 Å². The van der Waals surface area contributed by atoms with E-state index in [0.717, 1.165) is 24.2 Å². The van der Waals surface area contributed by atoms with Crippen LogP contribution in [-0.2, 0) is 0 Å². The maximum atomic E-state index is 4.22. The second-order valence-corrected chi connectivity index (χ2v) is 11.9. The monoisotopic (exact) mass is 364 g/mol. The van der Waals surface area contributed by atoms with Gasteiger partial charge < -0.3 is 0 Å². The fourth-order valence-corrected chi connectivity index (χ4v) is 9.86. The molecule has 0 bridgehead atoms. The van der Waals surface area contributed by atoms with Crippen LogP contribution in [-0.4, -0.2) is 32.9 Å². The van der Waals surface area contributed by atoms with Gasteiger partial charge in [-0.1, -0.05) is 51.4 Å². The Kier molecular flexibility index (Phi) is 6.51. The highest BCUT2D eigenvalue weighted by Crippen LogP contribution is 2.25. The number of hydrogen-bond acceptors (Lipinski definition) is 4. The number of rotatable bonds is 8. The Hall–Kier alpha value is 0.0569. The van der Waals surface area contributed by atoms with E-state index < -0.39 is 8.72 Å². The Balaban J connectivity index is 1.50. The average molecular weight is 365 g/mol. The molecule has 0 atom stereocenters. The van der Waals surface area contributed by atoms with Crippen LogP contribution in [0.4, 0.5) is 0 Å². The van der Waals surface area contributed by atoms with Crippen molar-refractivity contribution >= 4 is 8.72 Å². The molecule has 4 rings (SSSR count). The normalized spacial score (nSPS) is 27.8. The van der Waals surface area contributed by atoms with Gasteiger partial charge in [0.05, 0.1) is 0 Å². The van der Waals surface area contributed by atoms with Crippen molar-refractivity contribution in [1.29, 1.82) is 0 Å². The van der Waals surface area contributed by atoms with E-state index in [1.54, 1.807) is 0 Å². The van der Waals surface area contributed by atoms with Crippen LogP contribution in [0.5, 0.6) is 0 Å². The van der Waals surface area contributed by atoms with Gasteiger partial charge in [0, 0.05) is 24.2 Å². The molecular formula is C20H40N4Si. The minimum Gasteiger partial charge on any atom is -0.298 e. The van der Waals surface area contributed by atoms with Crippen molar-refractivity contribution in [3.05, 3.63) is 0 Å². The Morgan fingerprint density at radius 1 is 0.360 bits per heavy atom. The summed E-state index contributed by atoms with van der Waals surface area (Å²) in [5.74, 6) is 0. The highest BCUT2D eigenvalue weighted by molar-refractivity contribution is 6.70. The molecule has 0 radical (unpaired) electrons. The largest absolute Gasteiger partial charge is 0.366 e. The van der Waals surface area contributed by atoms with E-state index in [-0.39, 0.29) is 0 Å². The van der Waals surface area contributed by atoms with Gasteiger partial charge in [0.2, 0.25) is 0 Å². The lowest BCUT2D eigenvalue weighted by molar-refractivity contribution is 0.481. The molecule has 0 aromatic heterocycles. The van der Waals surface area contributed by atoms with E-state index in [1.165, 1.54) is 103 Å². The molecule has 0 aromatic rings. The molecule has 0 saturated heterocycles. The maximum absolute atomic E-state index is 4.22. The second-order valence-electron chi connectivity index (χ2n) is 9.25. The maximum Gasteiger partial charge on any atom is 0.366 e. The molecule has 4 aliphatic rings. The van der Waals surface area contributed by atoms with Gasteiger partial charge in [-0.05, 0) is 51.4 Å². The Bertz CT molecular complexity index is 317. The van der Waals surface area contributed by atoms with Gasteiger partial charge in [-0.25, -0.2) is 0 Å². The zero-order valence-electron chi connectivity index (χ0n) is 16.1. The van der Waals surface area contributed by atoms with Gasteiger partial charge in [0.25, 0.3) is 0 Å². The zero-order chi connectivity index (χ0) is 17.0. The second kappa shape index (κ2) is 8.83. The Labute approximate surface area is 156 Å². The van der Waals surface area contributed by atoms with Gasteiger partial charge in [-0.2, -0.15) is 0 Å². The molecule has 4 N–H and O–H groups in total. The molecule has 25 heavy (non-hydrogen) atoms. The van der Waals surface area contributed by atoms with Gasteiger partial charge in [0.15, 0.2) is 0 Å². The SMILES string of the molecule is C1CCC(N[Si](NC2CCCC2)(NC2CCCC2)NC2CCCC2)C1. The van der Waals surface area contributed by atoms with Crippen LogP contribution in [0.15, 0.2) is 0 Å². The molecule has 4 saturated carbocycles. The van der Waals surface area contributed by atoms with Gasteiger partial charge in [-0.3, -0.25) is 19.9 Å². The number of nitrogens with one attached hydrogen (secondary N) is 4. The van der Waals surface area contributed by atoms with Crippen molar-refractivity contribution in [2.45, 2.75) is 127 Å². The third kappa shape index (κ3) is 5.07. The lowest BCUT2D eigenvalue weighted by Crippen LogP contribution is -2.85. The molecule has 4 nitrogen and oxygen atoms in total. The first kappa shape index (κ1) is 18.4. The van der Waals surface area contributed by atoms with Crippen LogP contribution in [0.1, 0.15) is 103 Å². The summed E-state index contributed by atoms with van der Waals surface area (Å²) >= 11 is 0. The lowest BCUT2D eigenvalue weighted by Gasteiger charge is -2.42. The fraction of sp³-hybridized carbons (Fsp3) is 1.00. The molecule has 5 heteroatoms. The van der Waals surface area contributed by atoms with Gasteiger partial charge in [0.1, 0.15) is 0 Å². The molecule has 0 heterocycles. The zero-order valence-corrected chi connectivity index (χ0v) is 17.1. The molecule has 0 unspecified atom stereocenters. The first-order valence-corrected chi connectivity index (χ1v) is 13.4. The van der Waals surface area contributed by atoms with Crippen molar-refractivity contribution in [2.75, 3.05) is 0 Å². The van der Waals surface area contributed by atoms with E-state index in [9.17, 15) is 0 Å². The summed E-state index contributed by atoms with van der Waals surface area (Å²) in [6.45, 7) is 0. The lowest BCUT2D eigenvalue weighted by atomic mass is 10.3. The molecule has 4 aliphatic carbocycles. The fourth-order valence-electron chi connectivity index (χ4n) is 5.76. The van der Waals surface area contributed by atoms with Crippen molar-refractivity contribution in [2.24, 2.45) is 0 Å². The first-order valence-electron chi connectivity index (χ1n) is 11.4. The summed E-state index contributed by atoms with van der Waals surface area (Å²) in [4.78, 5) is 16.9. The summed E-state index contributed by atoms with van der Waals surface area (Å²) in [7, 11) is -2.06. The van der Waals surface area contributed by atoms with E-state index >= 15 is 0 Å². The highest BCUT2D eigenvalue weighted by Gasteiger charge is 2.44. The van der Waals surface area contributed by atoms with Gasteiger partial charge >= 0.3 is 8.72 Å². The highest BCUT2D eigenvalue weighted by atomic mass is 28.4. The molecule has 0 spiro atoms. The number of hydrogen-bond donors (Lipinski definition) is 4. The predicted octanol–water partition coefficient (Wildman–Crippen LogP) is 3.55. The van der Waals surface area contributed by atoms with Crippen molar-refractivity contribution in [3.63, 3.8) is 0 Å². The third-order valence-electron chi connectivity index (χ3n) is 7.10. The molecule has 0 aliphatic heterocycles. The summed E-state index contributed by atoms with van der Waals surface area (Å²) in [5, 5.41) is 0. The summed E-state index contributed by atoms with van der Waals surface area (Å²) in [6.07, 6.45) is 22.3. The van der Waals surface area contributed by atoms with Gasteiger partial charge in [-0.15, -0.1) is 0 Å². The Morgan fingerprint density at radius 3 is 0.760 bits per heavy atom. The van der Waals surface area contributed by atoms with Crippen molar-refractivity contribution < 1.29 is 0 Å². The third-order valence-corrected chi connectivity index (χ3v) is 10.5. The molecular weight excluding hydrogens is 324 g/mol. The topological polar surface area (TPSA) is 48.1 Å². The summed E-state index contributed by atoms with van der Waals surface area (Å²) < 4.78 is 0.